The number of piperidine rings is 1. The van der Waals surface area contributed by atoms with Crippen LogP contribution in [0.2, 0.25) is 0 Å². The van der Waals surface area contributed by atoms with Crippen molar-refractivity contribution in [3.63, 3.8) is 0 Å². The van der Waals surface area contributed by atoms with Crippen LogP contribution < -0.4 is 10.1 Å². The molecule has 1 aliphatic heterocycles. The zero-order chi connectivity index (χ0) is 19.4. The van der Waals surface area contributed by atoms with Crippen LogP contribution in [0.1, 0.15) is 35.2 Å². The Labute approximate surface area is 160 Å². The molecule has 1 saturated heterocycles. The molecule has 0 bridgehead atoms. The maximum Gasteiger partial charge on any atom is 0.255 e. The largest absolute Gasteiger partial charge is 0.497 e. The van der Waals surface area contributed by atoms with E-state index in [0.717, 1.165) is 24.8 Å². The van der Waals surface area contributed by atoms with Gasteiger partial charge in [0.25, 0.3) is 5.91 Å². The number of benzene rings is 2. The number of aryl methyl sites for hydroxylation is 1. The highest BCUT2D eigenvalue weighted by atomic mass is 32.2. The third kappa shape index (κ3) is 4.31. The number of ether oxygens (including phenoxy) is 1. The number of anilines is 1. The average molecular weight is 388 g/mol. The summed E-state index contributed by atoms with van der Waals surface area (Å²) in [6, 6.07) is 11.7. The van der Waals surface area contributed by atoms with Gasteiger partial charge in [-0.05, 0) is 55.7 Å². The first-order chi connectivity index (χ1) is 12.9. The fourth-order valence-electron chi connectivity index (χ4n) is 3.11. The number of carbonyl (C=O) groups excluding carboxylic acids is 1. The van der Waals surface area contributed by atoms with Crippen LogP contribution in [0.4, 0.5) is 5.69 Å². The molecule has 3 rings (SSSR count). The molecule has 1 N–H and O–H groups in total. The second-order valence-electron chi connectivity index (χ2n) is 6.63. The molecule has 1 heterocycles. The number of hydrogen-bond acceptors (Lipinski definition) is 4. The lowest BCUT2D eigenvalue weighted by Gasteiger charge is -2.26. The molecule has 0 radical (unpaired) electrons. The first kappa shape index (κ1) is 19.4. The van der Waals surface area contributed by atoms with Gasteiger partial charge in [-0.15, -0.1) is 0 Å². The van der Waals surface area contributed by atoms with Gasteiger partial charge >= 0.3 is 0 Å². The topological polar surface area (TPSA) is 75.7 Å². The third-order valence-electron chi connectivity index (χ3n) is 4.74. The van der Waals surface area contributed by atoms with E-state index in [1.54, 1.807) is 36.4 Å². The van der Waals surface area contributed by atoms with Gasteiger partial charge in [0.2, 0.25) is 10.0 Å². The molecule has 1 fully saturated rings. The van der Waals surface area contributed by atoms with Crippen LogP contribution in [0, 0.1) is 6.92 Å². The van der Waals surface area contributed by atoms with E-state index in [1.807, 2.05) is 6.92 Å². The van der Waals surface area contributed by atoms with Gasteiger partial charge in [-0.25, -0.2) is 8.42 Å². The third-order valence-corrected chi connectivity index (χ3v) is 6.64. The highest BCUT2D eigenvalue weighted by Crippen LogP contribution is 2.26. The zero-order valence-electron chi connectivity index (χ0n) is 15.6. The van der Waals surface area contributed by atoms with Crippen molar-refractivity contribution in [3.05, 3.63) is 53.6 Å². The van der Waals surface area contributed by atoms with E-state index >= 15 is 0 Å². The Kier molecular flexibility index (Phi) is 5.82. The molecule has 27 heavy (non-hydrogen) atoms. The number of methoxy groups -OCH3 is 1. The number of sulfonamides is 1. The fraction of sp³-hybridized carbons (Fsp3) is 0.350. The normalized spacial score (nSPS) is 15.3. The Hall–Kier alpha value is -2.38. The number of nitrogens with one attached hydrogen (secondary N) is 1. The lowest BCUT2D eigenvalue weighted by Crippen LogP contribution is -2.35. The molecule has 0 spiro atoms. The molecule has 1 amide bonds. The predicted octanol–water partition coefficient (Wildman–Crippen LogP) is 3.43. The van der Waals surface area contributed by atoms with Gasteiger partial charge in [0.05, 0.1) is 12.0 Å². The lowest BCUT2D eigenvalue weighted by molar-refractivity contribution is 0.102. The highest BCUT2D eigenvalue weighted by molar-refractivity contribution is 7.89. The molecule has 1 aliphatic rings. The van der Waals surface area contributed by atoms with E-state index in [0.29, 0.717) is 30.1 Å². The summed E-state index contributed by atoms with van der Waals surface area (Å²) in [5, 5.41) is 2.82. The van der Waals surface area contributed by atoms with E-state index in [4.69, 9.17) is 4.74 Å². The lowest BCUT2D eigenvalue weighted by atomic mass is 10.1. The van der Waals surface area contributed by atoms with E-state index in [1.165, 1.54) is 17.5 Å². The summed E-state index contributed by atoms with van der Waals surface area (Å²) in [6.07, 6.45) is 2.82. The second-order valence-corrected chi connectivity index (χ2v) is 8.57. The van der Waals surface area contributed by atoms with Crippen LogP contribution in [-0.4, -0.2) is 38.8 Å². The van der Waals surface area contributed by atoms with Gasteiger partial charge in [0, 0.05) is 24.3 Å². The van der Waals surface area contributed by atoms with Gasteiger partial charge in [-0.1, -0.05) is 18.6 Å². The Balaban J connectivity index is 1.86. The summed E-state index contributed by atoms with van der Waals surface area (Å²) in [7, 11) is -2.01. The first-order valence-corrected chi connectivity index (χ1v) is 10.4. The molecular formula is C20H24N2O4S. The van der Waals surface area contributed by atoms with Crippen LogP contribution in [0.15, 0.2) is 47.4 Å². The Morgan fingerprint density at radius 3 is 2.52 bits per heavy atom. The van der Waals surface area contributed by atoms with E-state index in [2.05, 4.69) is 5.32 Å². The second kappa shape index (κ2) is 8.10. The minimum absolute atomic E-state index is 0.205. The molecule has 144 valence electrons. The highest BCUT2D eigenvalue weighted by Gasteiger charge is 2.26. The molecular weight excluding hydrogens is 364 g/mol. The van der Waals surface area contributed by atoms with E-state index in [-0.39, 0.29) is 10.8 Å². The van der Waals surface area contributed by atoms with Crippen molar-refractivity contribution in [1.29, 1.82) is 0 Å². The zero-order valence-corrected chi connectivity index (χ0v) is 16.4. The van der Waals surface area contributed by atoms with Crippen molar-refractivity contribution < 1.29 is 17.9 Å². The average Bonchev–Trinajstić information content (AvgIpc) is 2.70. The van der Waals surface area contributed by atoms with Crippen molar-refractivity contribution in [1.82, 2.24) is 4.31 Å². The summed E-state index contributed by atoms with van der Waals surface area (Å²) in [5.41, 5.74) is 1.72. The van der Waals surface area contributed by atoms with Gasteiger partial charge in [0.1, 0.15) is 5.75 Å². The Morgan fingerprint density at radius 2 is 1.81 bits per heavy atom. The number of carbonyl (C=O) groups is 1. The van der Waals surface area contributed by atoms with Crippen molar-refractivity contribution >= 4 is 21.6 Å². The van der Waals surface area contributed by atoms with Gasteiger partial charge in [0.15, 0.2) is 0 Å². The molecule has 2 aromatic rings. The molecule has 0 unspecified atom stereocenters. The van der Waals surface area contributed by atoms with Gasteiger partial charge < -0.3 is 10.1 Å². The molecule has 6 nitrogen and oxygen atoms in total. The first-order valence-electron chi connectivity index (χ1n) is 8.98. The summed E-state index contributed by atoms with van der Waals surface area (Å²) < 4.78 is 32.4. The van der Waals surface area contributed by atoms with Crippen LogP contribution in [0.5, 0.6) is 5.75 Å². The Bertz CT molecular complexity index is 935. The summed E-state index contributed by atoms with van der Waals surface area (Å²) in [4.78, 5) is 12.8. The minimum Gasteiger partial charge on any atom is -0.497 e. The predicted molar refractivity (Wildman–Crippen MR) is 105 cm³/mol. The molecule has 7 heteroatoms. The maximum atomic E-state index is 12.9. The number of hydrogen-bond donors (Lipinski definition) is 1. The Morgan fingerprint density at radius 1 is 1.07 bits per heavy atom. The van der Waals surface area contributed by atoms with Crippen molar-refractivity contribution in [3.8, 4) is 5.75 Å². The molecule has 2 aromatic carbocycles. The number of amides is 1. The summed E-state index contributed by atoms with van der Waals surface area (Å²) >= 11 is 0. The summed E-state index contributed by atoms with van der Waals surface area (Å²) in [5.74, 6) is 0.269. The van der Waals surface area contributed by atoms with Crippen LogP contribution in [-0.2, 0) is 10.0 Å². The van der Waals surface area contributed by atoms with Gasteiger partial charge in [-0.2, -0.15) is 4.31 Å². The van der Waals surface area contributed by atoms with Crippen molar-refractivity contribution in [2.45, 2.75) is 31.1 Å². The smallest absolute Gasteiger partial charge is 0.255 e. The summed E-state index contributed by atoms with van der Waals surface area (Å²) in [6.45, 7) is 2.92. The van der Waals surface area contributed by atoms with E-state index in [9.17, 15) is 13.2 Å². The standard InChI is InChI=1S/C20H24N2O4S/c1-15-9-10-18(27(24,25)22-11-4-3-5-12-22)14-19(15)21-20(23)16-7-6-8-17(13-16)26-2/h6-10,13-14H,3-5,11-12H2,1-2H3,(H,21,23). The van der Waals surface area contributed by atoms with Gasteiger partial charge in [-0.3, -0.25) is 4.79 Å². The van der Waals surface area contributed by atoms with Crippen LogP contribution in [0.25, 0.3) is 0 Å². The van der Waals surface area contributed by atoms with Crippen molar-refractivity contribution in [2.75, 3.05) is 25.5 Å². The van der Waals surface area contributed by atoms with Crippen LogP contribution in [0.3, 0.4) is 0 Å². The van der Waals surface area contributed by atoms with E-state index < -0.39 is 10.0 Å². The minimum atomic E-state index is -3.55. The maximum absolute atomic E-state index is 12.9. The van der Waals surface area contributed by atoms with Crippen molar-refractivity contribution in [2.24, 2.45) is 0 Å². The molecule has 0 saturated carbocycles. The molecule has 0 aliphatic carbocycles. The fourth-order valence-corrected chi connectivity index (χ4v) is 4.65. The monoisotopic (exact) mass is 388 g/mol. The molecule has 0 atom stereocenters. The number of rotatable bonds is 5. The quantitative estimate of drug-likeness (QED) is 0.851. The SMILES string of the molecule is COc1cccc(C(=O)Nc2cc(S(=O)(=O)N3CCCCC3)ccc2C)c1. The van der Waals surface area contributed by atoms with Crippen LogP contribution >= 0.6 is 0 Å². The molecule has 0 aromatic heterocycles. The number of nitrogens with zero attached hydrogens (tertiary/aromatic N) is 1.